The van der Waals surface area contributed by atoms with Crippen molar-refractivity contribution in [3.8, 4) is 0 Å². The molecule has 0 radical (unpaired) electrons. The van der Waals surface area contributed by atoms with Gasteiger partial charge in [-0.2, -0.15) is 0 Å². The largest absolute Gasteiger partial charge is 0.340 e. The number of aryl methyl sites for hydroxylation is 1. The van der Waals surface area contributed by atoms with Crippen molar-refractivity contribution in [1.82, 2.24) is 4.90 Å². The van der Waals surface area contributed by atoms with Gasteiger partial charge < -0.3 is 10.6 Å². The minimum Gasteiger partial charge on any atom is -0.340 e. The molecular formula is C16H22F2N2O. The van der Waals surface area contributed by atoms with Crippen molar-refractivity contribution in [3.63, 3.8) is 0 Å². The third kappa shape index (κ3) is 4.24. The second kappa shape index (κ2) is 6.98. The Labute approximate surface area is 124 Å². The molecule has 5 heteroatoms. The van der Waals surface area contributed by atoms with Gasteiger partial charge in [0.05, 0.1) is 0 Å². The highest BCUT2D eigenvalue weighted by molar-refractivity contribution is 5.76. The van der Waals surface area contributed by atoms with Gasteiger partial charge in [0.25, 0.3) is 0 Å². The first-order valence-corrected chi connectivity index (χ1v) is 7.46. The molecule has 3 nitrogen and oxygen atoms in total. The lowest BCUT2D eigenvalue weighted by Crippen LogP contribution is -2.48. The summed E-state index contributed by atoms with van der Waals surface area (Å²) in [7, 11) is 0. The first-order chi connectivity index (χ1) is 9.97. The summed E-state index contributed by atoms with van der Waals surface area (Å²) < 4.78 is 25.9. The fourth-order valence-corrected chi connectivity index (χ4v) is 2.86. The predicted molar refractivity (Wildman–Crippen MR) is 77.7 cm³/mol. The van der Waals surface area contributed by atoms with Gasteiger partial charge in [-0.3, -0.25) is 4.79 Å². The molecule has 0 bridgehead atoms. The van der Waals surface area contributed by atoms with Crippen molar-refractivity contribution in [2.75, 3.05) is 6.54 Å². The van der Waals surface area contributed by atoms with Crippen LogP contribution in [0.15, 0.2) is 18.2 Å². The van der Waals surface area contributed by atoms with Crippen LogP contribution >= 0.6 is 0 Å². The van der Waals surface area contributed by atoms with Gasteiger partial charge in [0.2, 0.25) is 5.91 Å². The Morgan fingerprint density at radius 1 is 1.38 bits per heavy atom. The molecule has 1 aromatic carbocycles. The Morgan fingerprint density at radius 3 is 2.81 bits per heavy atom. The zero-order valence-corrected chi connectivity index (χ0v) is 12.3. The van der Waals surface area contributed by atoms with Gasteiger partial charge in [-0.05, 0) is 50.3 Å². The number of hydrogen-bond donors (Lipinski definition) is 1. The van der Waals surface area contributed by atoms with Gasteiger partial charge >= 0.3 is 0 Å². The Balaban J connectivity index is 1.80. The van der Waals surface area contributed by atoms with E-state index in [9.17, 15) is 13.6 Å². The van der Waals surface area contributed by atoms with Crippen molar-refractivity contribution < 1.29 is 13.6 Å². The molecule has 2 rings (SSSR count). The van der Waals surface area contributed by atoms with E-state index in [-0.39, 0.29) is 18.0 Å². The van der Waals surface area contributed by atoms with E-state index in [2.05, 4.69) is 0 Å². The maximum Gasteiger partial charge on any atom is 0.222 e. The zero-order valence-electron chi connectivity index (χ0n) is 12.3. The second-order valence-electron chi connectivity index (χ2n) is 5.82. The van der Waals surface area contributed by atoms with Crippen LogP contribution in [0.25, 0.3) is 0 Å². The molecule has 1 fully saturated rings. The number of likely N-dealkylation sites (tertiary alicyclic amines) is 1. The smallest absolute Gasteiger partial charge is 0.222 e. The second-order valence-corrected chi connectivity index (χ2v) is 5.82. The average molecular weight is 296 g/mol. The number of nitrogens with two attached hydrogens (primary N) is 1. The number of hydrogen-bond acceptors (Lipinski definition) is 2. The molecule has 0 aromatic heterocycles. The summed E-state index contributed by atoms with van der Waals surface area (Å²) >= 11 is 0. The van der Waals surface area contributed by atoms with E-state index in [4.69, 9.17) is 5.73 Å². The van der Waals surface area contributed by atoms with Crippen LogP contribution in [-0.4, -0.2) is 29.4 Å². The van der Waals surface area contributed by atoms with Crippen molar-refractivity contribution in [2.45, 2.75) is 51.1 Å². The monoisotopic (exact) mass is 296 g/mol. The van der Waals surface area contributed by atoms with Crippen molar-refractivity contribution >= 4 is 5.91 Å². The van der Waals surface area contributed by atoms with E-state index in [1.54, 1.807) is 6.07 Å². The van der Waals surface area contributed by atoms with Crippen LogP contribution in [0, 0.1) is 11.6 Å². The Morgan fingerprint density at radius 2 is 2.14 bits per heavy atom. The van der Waals surface area contributed by atoms with Gasteiger partial charge in [0.15, 0.2) is 11.6 Å². The molecule has 1 aromatic rings. The van der Waals surface area contributed by atoms with E-state index in [0.29, 0.717) is 25.8 Å². The maximum absolute atomic E-state index is 13.1. The lowest BCUT2D eigenvalue weighted by Gasteiger charge is -2.36. The predicted octanol–water partition coefficient (Wildman–Crippen LogP) is 2.63. The quantitative estimate of drug-likeness (QED) is 0.928. The lowest BCUT2D eigenvalue weighted by molar-refractivity contribution is -0.134. The highest BCUT2D eigenvalue weighted by Crippen LogP contribution is 2.18. The van der Waals surface area contributed by atoms with Crippen LogP contribution in [-0.2, 0) is 11.2 Å². The molecule has 1 amide bonds. The van der Waals surface area contributed by atoms with Gasteiger partial charge in [-0.15, -0.1) is 0 Å². The molecule has 1 saturated heterocycles. The number of nitrogens with zero attached hydrogens (tertiary/aromatic N) is 1. The van der Waals surface area contributed by atoms with E-state index >= 15 is 0 Å². The molecule has 21 heavy (non-hydrogen) atoms. The molecule has 0 unspecified atom stereocenters. The Hall–Kier alpha value is -1.49. The van der Waals surface area contributed by atoms with Crippen molar-refractivity contribution in [2.24, 2.45) is 5.73 Å². The van der Waals surface area contributed by atoms with Crippen LogP contribution < -0.4 is 5.73 Å². The first kappa shape index (κ1) is 15.9. The average Bonchev–Trinajstić information content (AvgIpc) is 2.42. The SMILES string of the molecule is C[C@@H]1C[C@H](N)CCN1C(=O)CCCc1ccc(F)c(F)c1. The fourth-order valence-electron chi connectivity index (χ4n) is 2.86. The molecule has 2 N–H and O–H groups in total. The first-order valence-electron chi connectivity index (χ1n) is 7.46. The normalized spacial score (nSPS) is 22.4. The topological polar surface area (TPSA) is 46.3 Å². The molecule has 116 valence electrons. The number of piperidine rings is 1. The molecule has 0 saturated carbocycles. The van der Waals surface area contributed by atoms with Crippen LogP contribution in [0.2, 0.25) is 0 Å². The minimum absolute atomic E-state index is 0.122. The van der Waals surface area contributed by atoms with Crippen molar-refractivity contribution in [1.29, 1.82) is 0 Å². The fraction of sp³-hybridized carbons (Fsp3) is 0.562. The van der Waals surface area contributed by atoms with Crippen LogP contribution in [0.5, 0.6) is 0 Å². The summed E-state index contributed by atoms with van der Waals surface area (Å²) in [5.41, 5.74) is 6.60. The molecule has 1 aliphatic heterocycles. The summed E-state index contributed by atoms with van der Waals surface area (Å²) in [4.78, 5) is 14.1. The minimum atomic E-state index is -0.840. The third-order valence-electron chi connectivity index (χ3n) is 4.08. The molecule has 1 heterocycles. The van der Waals surface area contributed by atoms with E-state index < -0.39 is 11.6 Å². The van der Waals surface area contributed by atoms with Gasteiger partial charge in [-0.25, -0.2) is 8.78 Å². The van der Waals surface area contributed by atoms with Gasteiger partial charge in [0, 0.05) is 25.0 Å². The number of rotatable bonds is 4. The molecule has 2 atom stereocenters. The summed E-state index contributed by atoms with van der Waals surface area (Å²) in [6.07, 6.45) is 3.33. The Kier molecular flexibility index (Phi) is 5.28. The maximum atomic E-state index is 13.1. The number of amides is 1. The third-order valence-corrected chi connectivity index (χ3v) is 4.08. The highest BCUT2D eigenvalue weighted by atomic mass is 19.2. The molecular weight excluding hydrogens is 274 g/mol. The number of carbonyl (C=O) groups is 1. The van der Waals surface area contributed by atoms with Crippen LogP contribution in [0.1, 0.15) is 38.2 Å². The van der Waals surface area contributed by atoms with E-state index in [0.717, 1.165) is 24.5 Å². The van der Waals surface area contributed by atoms with E-state index in [1.165, 1.54) is 6.07 Å². The number of carbonyl (C=O) groups excluding carboxylic acids is 1. The summed E-state index contributed by atoms with van der Waals surface area (Å²) in [5.74, 6) is -1.55. The van der Waals surface area contributed by atoms with Gasteiger partial charge in [0.1, 0.15) is 0 Å². The van der Waals surface area contributed by atoms with Crippen molar-refractivity contribution in [3.05, 3.63) is 35.4 Å². The lowest BCUT2D eigenvalue weighted by atomic mass is 9.98. The molecule has 0 aliphatic carbocycles. The number of benzene rings is 1. The zero-order chi connectivity index (χ0) is 15.4. The van der Waals surface area contributed by atoms with Crippen LogP contribution in [0.4, 0.5) is 8.78 Å². The van der Waals surface area contributed by atoms with Crippen LogP contribution in [0.3, 0.4) is 0 Å². The molecule has 1 aliphatic rings. The Bertz CT molecular complexity index is 507. The molecule has 0 spiro atoms. The van der Waals surface area contributed by atoms with Gasteiger partial charge in [-0.1, -0.05) is 6.07 Å². The summed E-state index contributed by atoms with van der Waals surface area (Å²) in [6.45, 7) is 2.73. The summed E-state index contributed by atoms with van der Waals surface area (Å²) in [6, 6.07) is 4.25. The highest BCUT2D eigenvalue weighted by Gasteiger charge is 2.26. The summed E-state index contributed by atoms with van der Waals surface area (Å²) in [5, 5.41) is 0. The van der Waals surface area contributed by atoms with E-state index in [1.807, 2.05) is 11.8 Å². The number of halogens is 2. The standard InChI is InChI=1S/C16H22F2N2O/c1-11-9-13(19)7-8-20(11)16(21)4-2-3-12-5-6-14(17)15(18)10-12/h5-6,10-11,13H,2-4,7-9,19H2,1H3/t11-,13-/m1/s1.